The molecule has 2 heteroatoms. The van der Waals surface area contributed by atoms with E-state index in [4.69, 9.17) is 10.00 Å². The highest BCUT2D eigenvalue weighted by atomic mass is 16.5. The lowest BCUT2D eigenvalue weighted by molar-refractivity contribution is 0.240. The maximum atomic E-state index is 8.85. The van der Waals surface area contributed by atoms with Gasteiger partial charge in [-0.25, -0.2) is 0 Å². The van der Waals surface area contributed by atoms with Crippen LogP contribution in [0.3, 0.4) is 0 Å². The predicted octanol–water partition coefficient (Wildman–Crippen LogP) is 3.45. The van der Waals surface area contributed by atoms with Gasteiger partial charge in [-0.15, -0.1) is 6.58 Å². The van der Waals surface area contributed by atoms with Gasteiger partial charge in [0.15, 0.2) is 0 Å². The first-order chi connectivity index (χ1) is 7.58. The second-order valence-corrected chi connectivity index (χ2v) is 3.87. The van der Waals surface area contributed by atoms with E-state index in [2.05, 4.69) is 19.6 Å². The first-order valence-electron chi connectivity index (χ1n) is 5.24. The van der Waals surface area contributed by atoms with Gasteiger partial charge in [0.05, 0.1) is 17.7 Å². The minimum absolute atomic E-state index is 0.0675. The highest BCUT2D eigenvalue weighted by Crippen LogP contribution is 2.28. The second-order valence-electron chi connectivity index (χ2n) is 3.87. The third-order valence-electron chi connectivity index (χ3n) is 2.19. The molecule has 2 nitrogen and oxygen atoms in total. The SMILES string of the molecule is [CH2]C(C=C)c1cc(C#N)ccc1OC(C)C. The van der Waals surface area contributed by atoms with Crippen molar-refractivity contribution < 1.29 is 4.74 Å². The van der Waals surface area contributed by atoms with Gasteiger partial charge in [0.1, 0.15) is 5.75 Å². The summed E-state index contributed by atoms with van der Waals surface area (Å²) in [6, 6.07) is 7.47. The molecule has 83 valence electrons. The summed E-state index contributed by atoms with van der Waals surface area (Å²) in [5.41, 5.74) is 1.52. The number of hydrogen-bond acceptors (Lipinski definition) is 2. The van der Waals surface area contributed by atoms with Crippen molar-refractivity contribution in [3.8, 4) is 11.8 Å². The summed E-state index contributed by atoms with van der Waals surface area (Å²) in [6.07, 6.45) is 1.84. The highest BCUT2D eigenvalue weighted by Gasteiger charge is 2.11. The number of benzene rings is 1. The van der Waals surface area contributed by atoms with Crippen molar-refractivity contribution in [2.45, 2.75) is 25.9 Å². The summed E-state index contributed by atoms with van der Waals surface area (Å²) >= 11 is 0. The van der Waals surface area contributed by atoms with E-state index in [0.29, 0.717) is 5.56 Å². The molecule has 0 N–H and O–H groups in total. The fraction of sp³-hybridized carbons (Fsp3) is 0.286. The van der Waals surface area contributed by atoms with Crippen molar-refractivity contribution in [2.75, 3.05) is 0 Å². The standard InChI is InChI=1S/C14H16NO/c1-5-11(4)13-8-12(9-15)6-7-14(13)16-10(2)3/h5-8,10-11H,1,4H2,2-3H3. The Morgan fingerprint density at radius 2 is 2.12 bits per heavy atom. The summed E-state index contributed by atoms with van der Waals surface area (Å²) < 4.78 is 5.67. The summed E-state index contributed by atoms with van der Waals surface area (Å²) in [5.74, 6) is 0.705. The smallest absolute Gasteiger partial charge is 0.123 e. The van der Waals surface area contributed by atoms with Crippen molar-refractivity contribution in [3.05, 3.63) is 48.9 Å². The maximum absolute atomic E-state index is 8.85. The molecule has 0 heterocycles. The van der Waals surface area contributed by atoms with Crippen LogP contribution in [0.1, 0.15) is 30.9 Å². The maximum Gasteiger partial charge on any atom is 0.123 e. The molecule has 0 aliphatic rings. The van der Waals surface area contributed by atoms with E-state index in [1.807, 2.05) is 19.9 Å². The van der Waals surface area contributed by atoms with Gasteiger partial charge in [-0.1, -0.05) is 6.08 Å². The molecule has 0 saturated carbocycles. The fourth-order valence-electron chi connectivity index (χ4n) is 1.40. The van der Waals surface area contributed by atoms with E-state index in [0.717, 1.165) is 11.3 Å². The lowest BCUT2D eigenvalue weighted by Gasteiger charge is -2.16. The molecule has 0 aliphatic carbocycles. The van der Waals surface area contributed by atoms with Crippen molar-refractivity contribution in [3.63, 3.8) is 0 Å². The molecular weight excluding hydrogens is 198 g/mol. The summed E-state index contributed by atoms with van der Waals surface area (Å²) in [6.45, 7) is 11.6. The van der Waals surface area contributed by atoms with Crippen LogP contribution in [-0.4, -0.2) is 6.10 Å². The third kappa shape index (κ3) is 2.87. The van der Waals surface area contributed by atoms with Crippen LogP contribution in [0.25, 0.3) is 0 Å². The molecule has 1 aromatic carbocycles. The van der Waals surface area contributed by atoms with Gasteiger partial charge in [-0.05, 0) is 39.0 Å². The molecule has 0 aromatic heterocycles. The topological polar surface area (TPSA) is 33.0 Å². The minimum atomic E-state index is -0.0675. The predicted molar refractivity (Wildman–Crippen MR) is 65.2 cm³/mol. The lowest BCUT2D eigenvalue weighted by atomic mass is 9.98. The van der Waals surface area contributed by atoms with E-state index in [1.165, 1.54) is 0 Å². The van der Waals surface area contributed by atoms with Crippen LogP contribution < -0.4 is 4.74 Å². The molecule has 0 bridgehead atoms. The van der Waals surface area contributed by atoms with E-state index >= 15 is 0 Å². The minimum Gasteiger partial charge on any atom is -0.491 e. The number of nitrogens with zero attached hydrogens (tertiary/aromatic N) is 1. The third-order valence-corrected chi connectivity index (χ3v) is 2.19. The molecule has 1 unspecified atom stereocenters. The van der Waals surface area contributed by atoms with Gasteiger partial charge in [0.2, 0.25) is 0 Å². The molecule has 0 fully saturated rings. The Kier molecular flexibility index (Phi) is 4.13. The zero-order valence-corrected chi connectivity index (χ0v) is 9.73. The van der Waals surface area contributed by atoms with Crippen LogP contribution >= 0.6 is 0 Å². The molecule has 1 rings (SSSR count). The molecule has 16 heavy (non-hydrogen) atoms. The normalized spacial score (nSPS) is 11.9. The fourth-order valence-corrected chi connectivity index (χ4v) is 1.40. The first-order valence-corrected chi connectivity index (χ1v) is 5.24. The second kappa shape index (κ2) is 5.37. The lowest BCUT2D eigenvalue weighted by Crippen LogP contribution is -2.08. The quantitative estimate of drug-likeness (QED) is 0.719. The zero-order valence-electron chi connectivity index (χ0n) is 9.73. The van der Waals surface area contributed by atoms with Crippen LogP contribution in [0.15, 0.2) is 30.9 Å². The zero-order chi connectivity index (χ0) is 12.1. The largest absolute Gasteiger partial charge is 0.491 e. The number of nitriles is 1. The van der Waals surface area contributed by atoms with Gasteiger partial charge in [-0.3, -0.25) is 0 Å². The van der Waals surface area contributed by atoms with Gasteiger partial charge < -0.3 is 4.74 Å². The average Bonchev–Trinajstić information content (AvgIpc) is 2.28. The Balaban J connectivity index is 3.16. The van der Waals surface area contributed by atoms with Gasteiger partial charge in [0.25, 0.3) is 0 Å². The summed E-state index contributed by atoms with van der Waals surface area (Å²) in [4.78, 5) is 0. The van der Waals surface area contributed by atoms with Crippen molar-refractivity contribution >= 4 is 0 Å². The van der Waals surface area contributed by atoms with Crippen LogP contribution in [0.2, 0.25) is 0 Å². The van der Waals surface area contributed by atoms with E-state index in [1.54, 1.807) is 18.2 Å². The molecule has 1 atom stereocenters. The molecular formula is C14H16NO. The van der Waals surface area contributed by atoms with Crippen LogP contribution in [0.5, 0.6) is 5.75 Å². The van der Waals surface area contributed by atoms with Crippen molar-refractivity contribution in [1.29, 1.82) is 5.26 Å². The average molecular weight is 214 g/mol. The highest BCUT2D eigenvalue weighted by molar-refractivity contribution is 5.45. The number of hydrogen-bond donors (Lipinski definition) is 0. The Labute approximate surface area is 97.2 Å². The van der Waals surface area contributed by atoms with Gasteiger partial charge >= 0.3 is 0 Å². The molecule has 1 radical (unpaired) electrons. The Morgan fingerprint density at radius 1 is 1.44 bits per heavy atom. The van der Waals surface area contributed by atoms with Crippen LogP contribution in [0.4, 0.5) is 0 Å². The van der Waals surface area contributed by atoms with Crippen molar-refractivity contribution in [2.24, 2.45) is 0 Å². The number of rotatable bonds is 4. The van der Waals surface area contributed by atoms with Crippen molar-refractivity contribution in [1.82, 2.24) is 0 Å². The summed E-state index contributed by atoms with van der Waals surface area (Å²) in [7, 11) is 0. The number of allylic oxidation sites excluding steroid dienone is 1. The first kappa shape index (κ1) is 12.3. The number of ether oxygens (including phenoxy) is 1. The molecule has 0 amide bonds. The Morgan fingerprint density at radius 3 is 2.62 bits per heavy atom. The van der Waals surface area contributed by atoms with Crippen LogP contribution in [-0.2, 0) is 0 Å². The molecule has 0 aliphatic heterocycles. The van der Waals surface area contributed by atoms with Crippen LogP contribution in [0, 0.1) is 18.3 Å². The van der Waals surface area contributed by atoms with Gasteiger partial charge in [-0.2, -0.15) is 5.26 Å². The summed E-state index contributed by atoms with van der Waals surface area (Å²) in [5, 5.41) is 8.85. The van der Waals surface area contributed by atoms with E-state index in [-0.39, 0.29) is 12.0 Å². The monoisotopic (exact) mass is 214 g/mol. The molecule has 1 aromatic rings. The van der Waals surface area contributed by atoms with E-state index < -0.39 is 0 Å². The van der Waals surface area contributed by atoms with Gasteiger partial charge in [0, 0.05) is 11.5 Å². The molecule has 0 spiro atoms. The Bertz CT molecular complexity index is 415. The van der Waals surface area contributed by atoms with E-state index in [9.17, 15) is 0 Å². The molecule has 0 saturated heterocycles. The Hall–Kier alpha value is -1.75.